The van der Waals surface area contributed by atoms with Crippen LogP contribution in [0.25, 0.3) is 11.2 Å². The number of nitrogens with zero attached hydrogens (tertiary/aromatic N) is 6. The molecule has 11 heteroatoms. The van der Waals surface area contributed by atoms with E-state index in [-0.39, 0.29) is 24.0 Å². The van der Waals surface area contributed by atoms with Crippen LogP contribution in [0.2, 0.25) is 0 Å². The standard InChI is InChI=1S/C27H28F4N6O/c1-17-10-26(11-17,24-33-32-16-34(24)2)19-4-3-5-21(9-19)36-15-23-22(27(29,30)31)8-18(13-37(23)25(36)38)12-35-7-6-20(28)14-35/h3-5,8-9,13,15-17,20H,6-7,10-12,14H2,1-2H3/t17?,20-,26?/m0/s1. The Kier molecular flexibility index (Phi) is 5.75. The Labute approximate surface area is 216 Å². The molecule has 4 heterocycles. The molecular formula is C27H28F4N6O. The summed E-state index contributed by atoms with van der Waals surface area (Å²) >= 11 is 0. The number of hydrogen-bond donors (Lipinski definition) is 0. The number of pyridine rings is 1. The normalized spacial score (nSPS) is 24.3. The highest BCUT2D eigenvalue weighted by Crippen LogP contribution is 2.51. The first-order chi connectivity index (χ1) is 18.0. The molecule has 0 amide bonds. The first-order valence-corrected chi connectivity index (χ1v) is 12.7. The molecule has 7 nitrogen and oxygen atoms in total. The topological polar surface area (TPSA) is 60.4 Å². The van der Waals surface area contributed by atoms with Gasteiger partial charge >= 0.3 is 11.9 Å². The lowest BCUT2D eigenvalue weighted by Gasteiger charge is -2.46. The average Bonchev–Trinajstić information content (AvgIpc) is 3.55. The van der Waals surface area contributed by atoms with Gasteiger partial charge in [0.1, 0.15) is 18.3 Å². The maximum Gasteiger partial charge on any atom is 0.418 e. The van der Waals surface area contributed by atoms with Gasteiger partial charge in [-0.1, -0.05) is 19.1 Å². The van der Waals surface area contributed by atoms with Crippen molar-refractivity contribution < 1.29 is 17.6 Å². The fourth-order valence-electron chi connectivity index (χ4n) is 6.28. The van der Waals surface area contributed by atoms with E-state index in [9.17, 15) is 22.4 Å². The van der Waals surface area contributed by atoms with E-state index < -0.39 is 23.6 Å². The summed E-state index contributed by atoms with van der Waals surface area (Å²) in [5.74, 6) is 1.30. The highest BCUT2D eigenvalue weighted by atomic mass is 19.4. The Morgan fingerprint density at radius 2 is 1.95 bits per heavy atom. The van der Waals surface area contributed by atoms with Crippen molar-refractivity contribution in [3.63, 3.8) is 0 Å². The lowest BCUT2D eigenvalue weighted by Crippen LogP contribution is -2.43. The molecule has 1 aliphatic heterocycles. The summed E-state index contributed by atoms with van der Waals surface area (Å²) in [7, 11) is 1.89. The van der Waals surface area contributed by atoms with Crippen LogP contribution in [0.1, 0.15) is 48.7 Å². The Hall–Kier alpha value is -3.47. The van der Waals surface area contributed by atoms with Gasteiger partial charge in [-0.15, -0.1) is 10.2 Å². The lowest BCUT2D eigenvalue weighted by molar-refractivity contribution is -0.136. The Morgan fingerprint density at radius 1 is 1.16 bits per heavy atom. The highest BCUT2D eigenvalue weighted by Gasteiger charge is 2.48. The highest BCUT2D eigenvalue weighted by molar-refractivity contribution is 5.58. The molecule has 0 bridgehead atoms. The minimum Gasteiger partial charge on any atom is -0.320 e. The van der Waals surface area contributed by atoms with Crippen molar-refractivity contribution >= 4 is 5.52 Å². The third-order valence-electron chi connectivity index (χ3n) is 7.96. The monoisotopic (exact) mass is 528 g/mol. The van der Waals surface area contributed by atoms with Crippen molar-refractivity contribution in [2.75, 3.05) is 13.1 Å². The number of aryl methyl sites for hydroxylation is 1. The van der Waals surface area contributed by atoms with Crippen LogP contribution in [0, 0.1) is 5.92 Å². The largest absolute Gasteiger partial charge is 0.418 e. The quantitative estimate of drug-likeness (QED) is 0.358. The molecule has 38 heavy (non-hydrogen) atoms. The number of alkyl halides is 4. The van der Waals surface area contributed by atoms with Crippen molar-refractivity contribution in [3.8, 4) is 5.69 Å². The molecule has 1 saturated heterocycles. The third-order valence-corrected chi connectivity index (χ3v) is 7.96. The number of aromatic nitrogens is 5. The van der Waals surface area contributed by atoms with Crippen LogP contribution in [0.15, 0.2) is 53.8 Å². The number of likely N-dealkylation sites (tertiary alicyclic amines) is 1. The van der Waals surface area contributed by atoms with Crippen molar-refractivity contribution in [2.45, 2.75) is 50.5 Å². The number of hydrogen-bond acceptors (Lipinski definition) is 4. The predicted molar refractivity (Wildman–Crippen MR) is 133 cm³/mol. The molecule has 1 saturated carbocycles. The maximum absolute atomic E-state index is 14.1. The summed E-state index contributed by atoms with van der Waals surface area (Å²) in [6, 6.07) is 8.44. The van der Waals surface area contributed by atoms with Gasteiger partial charge in [0, 0.05) is 39.1 Å². The summed E-state index contributed by atoms with van der Waals surface area (Å²) in [5, 5.41) is 8.41. The van der Waals surface area contributed by atoms with E-state index in [1.54, 1.807) is 17.3 Å². The minimum atomic E-state index is -4.66. The van der Waals surface area contributed by atoms with Crippen LogP contribution >= 0.6 is 0 Å². The zero-order chi connectivity index (χ0) is 26.8. The number of benzene rings is 1. The fraction of sp³-hybridized carbons (Fsp3) is 0.444. The first kappa shape index (κ1) is 24.8. The first-order valence-electron chi connectivity index (χ1n) is 12.7. The van der Waals surface area contributed by atoms with Gasteiger partial charge in [-0.05, 0) is 54.5 Å². The van der Waals surface area contributed by atoms with Crippen LogP contribution in [-0.4, -0.2) is 47.9 Å². The molecule has 4 aromatic rings. The van der Waals surface area contributed by atoms with Gasteiger partial charge in [-0.3, -0.25) is 13.9 Å². The number of halogens is 4. The fourth-order valence-corrected chi connectivity index (χ4v) is 6.28. The maximum atomic E-state index is 14.1. The molecule has 6 rings (SSSR count). The zero-order valence-corrected chi connectivity index (χ0v) is 21.1. The number of fused-ring (bicyclic) bond motifs is 1. The van der Waals surface area contributed by atoms with E-state index in [4.69, 9.17) is 0 Å². The zero-order valence-electron chi connectivity index (χ0n) is 21.1. The minimum absolute atomic E-state index is 0.144. The second kappa shape index (κ2) is 8.79. The molecule has 2 aliphatic rings. The molecular weight excluding hydrogens is 500 g/mol. The molecule has 0 radical (unpaired) electrons. The van der Waals surface area contributed by atoms with Crippen molar-refractivity contribution in [1.29, 1.82) is 0 Å². The SMILES string of the molecule is CC1CC(c2cccc(-n3cc4c(C(F)(F)F)cc(CN5CC[C@H](F)C5)cn4c3=O)c2)(c2nncn2C)C1. The second-order valence-electron chi connectivity index (χ2n) is 10.8. The molecule has 0 N–H and O–H groups in total. The molecule has 1 aliphatic carbocycles. The average molecular weight is 529 g/mol. The van der Waals surface area contributed by atoms with Crippen molar-refractivity contribution in [2.24, 2.45) is 13.0 Å². The van der Waals surface area contributed by atoms with E-state index in [1.165, 1.54) is 17.0 Å². The van der Waals surface area contributed by atoms with Gasteiger partial charge in [-0.25, -0.2) is 9.18 Å². The Balaban J connectivity index is 1.45. The van der Waals surface area contributed by atoms with Gasteiger partial charge < -0.3 is 4.57 Å². The van der Waals surface area contributed by atoms with E-state index >= 15 is 0 Å². The molecule has 0 spiro atoms. The number of imidazole rings is 1. The van der Waals surface area contributed by atoms with Crippen LogP contribution in [0.3, 0.4) is 0 Å². The molecule has 1 atom stereocenters. The van der Waals surface area contributed by atoms with Gasteiger partial charge in [0.2, 0.25) is 0 Å². The van der Waals surface area contributed by atoms with Crippen LogP contribution < -0.4 is 5.69 Å². The summed E-state index contributed by atoms with van der Waals surface area (Å²) < 4.78 is 60.2. The number of rotatable bonds is 5. The Morgan fingerprint density at radius 3 is 2.58 bits per heavy atom. The predicted octanol–water partition coefficient (Wildman–Crippen LogP) is 4.50. The molecule has 0 unspecified atom stereocenters. The van der Waals surface area contributed by atoms with E-state index in [1.807, 2.05) is 29.8 Å². The molecule has 3 aromatic heterocycles. The Bertz CT molecular complexity index is 1560. The van der Waals surface area contributed by atoms with Crippen LogP contribution in [0.4, 0.5) is 17.6 Å². The van der Waals surface area contributed by atoms with E-state index in [2.05, 4.69) is 17.1 Å². The van der Waals surface area contributed by atoms with Gasteiger partial charge in [0.15, 0.2) is 0 Å². The van der Waals surface area contributed by atoms with Gasteiger partial charge in [0.25, 0.3) is 0 Å². The summed E-state index contributed by atoms with van der Waals surface area (Å²) in [6.07, 6.45) is 0.762. The van der Waals surface area contributed by atoms with Crippen LogP contribution in [-0.2, 0) is 25.2 Å². The molecule has 2 fully saturated rings. The summed E-state index contributed by atoms with van der Waals surface area (Å²) in [4.78, 5) is 15.3. The third kappa shape index (κ3) is 4.03. The summed E-state index contributed by atoms with van der Waals surface area (Å²) in [5.41, 5.74) is -0.341. The molecule has 1 aromatic carbocycles. The lowest BCUT2D eigenvalue weighted by atomic mass is 9.58. The smallest absolute Gasteiger partial charge is 0.320 e. The van der Waals surface area contributed by atoms with Crippen LogP contribution in [0.5, 0.6) is 0 Å². The summed E-state index contributed by atoms with van der Waals surface area (Å²) in [6.45, 7) is 2.95. The second-order valence-corrected chi connectivity index (χ2v) is 10.8. The molecule has 200 valence electrons. The van der Waals surface area contributed by atoms with E-state index in [0.717, 1.165) is 34.7 Å². The van der Waals surface area contributed by atoms with Crippen molar-refractivity contribution in [3.05, 3.63) is 82.1 Å². The van der Waals surface area contributed by atoms with Gasteiger partial charge in [0.05, 0.1) is 22.2 Å². The van der Waals surface area contributed by atoms with E-state index in [0.29, 0.717) is 30.1 Å². The van der Waals surface area contributed by atoms with Crippen molar-refractivity contribution in [1.82, 2.24) is 28.6 Å². The van der Waals surface area contributed by atoms with Gasteiger partial charge in [-0.2, -0.15) is 13.2 Å².